The Labute approximate surface area is 174 Å². The number of halogens is 1. The van der Waals surface area contributed by atoms with Crippen LogP contribution in [0.25, 0.3) is 0 Å². The number of hydrogen-bond donors (Lipinski definition) is 2. The van der Waals surface area contributed by atoms with Crippen LogP contribution >= 0.6 is 0 Å². The minimum Gasteiger partial charge on any atom is -0.495 e. The lowest BCUT2D eigenvalue weighted by atomic mass is 10.2. The molecular weight excluding hydrogens is 387 g/mol. The van der Waals surface area contributed by atoms with Crippen molar-refractivity contribution in [1.29, 1.82) is 0 Å². The molecule has 1 heterocycles. The molecule has 0 saturated carbocycles. The first-order chi connectivity index (χ1) is 14.5. The van der Waals surface area contributed by atoms with Gasteiger partial charge in [0.25, 0.3) is 5.91 Å². The minimum atomic E-state index is -0.475. The molecule has 0 aliphatic carbocycles. The molecule has 0 spiro atoms. The molecule has 0 aliphatic rings. The number of amides is 1. The van der Waals surface area contributed by atoms with Crippen LogP contribution in [0, 0.1) is 5.82 Å². The van der Waals surface area contributed by atoms with Gasteiger partial charge >= 0.3 is 0 Å². The summed E-state index contributed by atoms with van der Waals surface area (Å²) in [4.78, 5) is 16.9. The first-order valence-corrected chi connectivity index (χ1v) is 9.84. The summed E-state index contributed by atoms with van der Waals surface area (Å²) in [5.74, 6) is 0.755. The first kappa shape index (κ1) is 21.3. The zero-order chi connectivity index (χ0) is 21.5. The molecule has 7 nitrogen and oxygen atoms in total. The van der Waals surface area contributed by atoms with Gasteiger partial charge in [-0.05, 0) is 49.7 Å². The van der Waals surface area contributed by atoms with Crippen molar-refractivity contribution in [1.82, 2.24) is 10.1 Å². The number of benzene rings is 2. The normalized spacial score (nSPS) is 11.7. The number of methoxy groups -OCH3 is 1. The van der Waals surface area contributed by atoms with Crippen LogP contribution in [0.5, 0.6) is 5.75 Å². The predicted octanol–water partition coefficient (Wildman–Crippen LogP) is 4.99. The lowest BCUT2D eigenvalue weighted by Gasteiger charge is -2.15. The second-order valence-corrected chi connectivity index (χ2v) is 6.90. The summed E-state index contributed by atoms with van der Waals surface area (Å²) in [5, 5.41) is 10.0. The molecule has 2 N–H and O–H groups in total. The number of unbranched alkanes of at least 4 members (excludes halogenated alkanes) is 1. The summed E-state index contributed by atoms with van der Waals surface area (Å²) in [6.45, 7) is 4.02. The third-order valence-electron chi connectivity index (χ3n) is 4.53. The number of aryl methyl sites for hydroxylation is 1. The van der Waals surface area contributed by atoms with E-state index in [2.05, 4.69) is 27.7 Å². The number of carbonyl (C=O) groups excluding carboxylic acids is 1. The molecule has 3 rings (SSSR count). The van der Waals surface area contributed by atoms with Gasteiger partial charge in [-0.1, -0.05) is 24.6 Å². The van der Waals surface area contributed by atoms with Crippen molar-refractivity contribution in [3.05, 3.63) is 65.6 Å². The summed E-state index contributed by atoms with van der Waals surface area (Å²) in [5.41, 5.74) is 1.40. The summed E-state index contributed by atoms with van der Waals surface area (Å²) in [6, 6.07) is 10.6. The fourth-order valence-electron chi connectivity index (χ4n) is 2.91. The van der Waals surface area contributed by atoms with E-state index < -0.39 is 11.7 Å². The molecule has 0 radical (unpaired) electrons. The van der Waals surface area contributed by atoms with Gasteiger partial charge in [-0.15, -0.1) is 0 Å². The van der Waals surface area contributed by atoms with E-state index in [1.165, 1.54) is 25.3 Å². The van der Waals surface area contributed by atoms with Crippen LogP contribution < -0.4 is 15.4 Å². The van der Waals surface area contributed by atoms with Crippen LogP contribution in [0.3, 0.4) is 0 Å². The van der Waals surface area contributed by atoms with Crippen LogP contribution in [0.4, 0.5) is 15.8 Å². The maximum atomic E-state index is 13.4. The second-order valence-electron chi connectivity index (χ2n) is 6.90. The van der Waals surface area contributed by atoms with Crippen molar-refractivity contribution in [2.45, 2.75) is 39.2 Å². The fourth-order valence-corrected chi connectivity index (χ4v) is 2.91. The van der Waals surface area contributed by atoms with E-state index in [0.29, 0.717) is 23.2 Å². The highest BCUT2D eigenvalue weighted by atomic mass is 19.1. The molecule has 0 aliphatic heterocycles. The molecule has 0 fully saturated rings. The Hall–Kier alpha value is -3.42. The summed E-state index contributed by atoms with van der Waals surface area (Å²) < 4.78 is 24.1. The zero-order valence-electron chi connectivity index (χ0n) is 17.2. The number of nitrogens with zero attached hydrogens (tertiary/aromatic N) is 2. The Kier molecular flexibility index (Phi) is 7.00. The molecule has 1 aromatic heterocycles. The van der Waals surface area contributed by atoms with Crippen LogP contribution in [-0.2, 0) is 6.42 Å². The topological polar surface area (TPSA) is 89.3 Å². The highest BCUT2D eigenvalue weighted by Gasteiger charge is 2.16. The van der Waals surface area contributed by atoms with E-state index in [9.17, 15) is 9.18 Å². The molecule has 0 saturated heterocycles. The van der Waals surface area contributed by atoms with Crippen LogP contribution in [0.1, 0.15) is 54.8 Å². The summed E-state index contributed by atoms with van der Waals surface area (Å²) >= 11 is 0. The molecule has 8 heteroatoms. The van der Waals surface area contributed by atoms with E-state index >= 15 is 0 Å². The maximum absolute atomic E-state index is 13.4. The Bertz CT molecular complexity index is 1010. The number of nitrogens with one attached hydrogen (secondary N) is 2. The number of aromatic nitrogens is 2. The molecule has 1 amide bonds. The Balaban J connectivity index is 1.73. The molecule has 2 aromatic carbocycles. The second kappa shape index (κ2) is 9.87. The monoisotopic (exact) mass is 412 g/mol. The zero-order valence-corrected chi connectivity index (χ0v) is 17.2. The Morgan fingerprint density at radius 3 is 2.83 bits per heavy atom. The van der Waals surface area contributed by atoms with Gasteiger partial charge in [0.15, 0.2) is 5.82 Å². The minimum absolute atomic E-state index is 0.217. The maximum Gasteiger partial charge on any atom is 0.255 e. The van der Waals surface area contributed by atoms with Crippen LogP contribution in [0.2, 0.25) is 0 Å². The van der Waals surface area contributed by atoms with Gasteiger partial charge < -0.3 is 19.9 Å². The number of anilines is 2. The average Bonchev–Trinajstić information content (AvgIpc) is 3.21. The van der Waals surface area contributed by atoms with Gasteiger partial charge in [0.2, 0.25) is 5.89 Å². The van der Waals surface area contributed by atoms with Gasteiger partial charge in [-0.2, -0.15) is 4.98 Å². The van der Waals surface area contributed by atoms with Gasteiger partial charge in [0, 0.05) is 17.7 Å². The average molecular weight is 412 g/mol. The molecule has 0 bridgehead atoms. The van der Waals surface area contributed by atoms with Crippen molar-refractivity contribution < 1.29 is 18.4 Å². The van der Waals surface area contributed by atoms with E-state index in [1.54, 1.807) is 18.2 Å². The molecule has 1 unspecified atom stereocenters. The lowest BCUT2D eigenvalue weighted by molar-refractivity contribution is 0.102. The lowest BCUT2D eigenvalue weighted by Crippen LogP contribution is -2.13. The smallest absolute Gasteiger partial charge is 0.255 e. The van der Waals surface area contributed by atoms with Gasteiger partial charge in [-0.25, -0.2) is 4.39 Å². The Morgan fingerprint density at radius 1 is 1.27 bits per heavy atom. The van der Waals surface area contributed by atoms with Crippen molar-refractivity contribution in [3.63, 3.8) is 0 Å². The van der Waals surface area contributed by atoms with E-state index in [4.69, 9.17) is 9.26 Å². The number of hydrogen-bond acceptors (Lipinski definition) is 6. The summed E-state index contributed by atoms with van der Waals surface area (Å²) in [6.07, 6.45) is 2.85. The van der Waals surface area contributed by atoms with Crippen molar-refractivity contribution in [2.75, 3.05) is 17.7 Å². The van der Waals surface area contributed by atoms with Gasteiger partial charge in [0.05, 0.1) is 12.8 Å². The highest BCUT2D eigenvalue weighted by molar-refractivity contribution is 6.05. The molecule has 3 aromatic rings. The third-order valence-corrected chi connectivity index (χ3v) is 4.53. The highest BCUT2D eigenvalue weighted by Crippen LogP contribution is 2.30. The number of carbonyl (C=O) groups is 1. The first-order valence-electron chi connectivity index (χ1n) is 9.84. The number of rotatable bonds is 9. The Morgan fingerprint density at radius 2 is 2.10 bits per heavy atom. The molecule has 158 valence electrons. The number of ether oxygens (including phenoxy) is 1. The largest absolute Gasteiger partial charge is 0.495 e. The van der Waals surface area contributed by atoms with Crippen molar-refractivity contribution >= 4 is 17.3 Å². The molecule has 1 atom stereocenters. The fraction of sp³-hybridized carbons (Fsp3) is 0.318. The third kappa shape index (κ3) is 5.34. The quantitative estimate of drug-likeness (QED) is 0.515. The van der Waals surface area contributed by atoms with Crippen LogP contribution in [-0.4, -0.2) is 23.2 Å². The summed E-state index contributed by atoms with van der Waals surface area (Å²) in [7, 11) is 1.51. The van der Waals surface area contributed by atoms with Gasteiger partial charge in [0.1, 0.15) is 17.6 Å². The SMILES string of the molecule is CCCCc1noc(C(C)Nc2ccc(OC)c(NC(=O)c3cccc(F)c3)c2)n1. The van der Waals surface area contributed by atoms with E-state index in [1.807, 2.05) is 13.0 Å². The van der Waals surface area contributed by atoms with Crippen molar-refractivity contribution in [2.24, 2.45) is 0 Å². The van der Waals surface area contributed by atoms with Crippen LogP contribution in [0.15, 0.2) is 47.0 Å². The molecular formula is C22H25FN4O3. The standard InChI is InChI=1S/C22H25FN4O3/c1-4-5-9-20-26-22(30-27-20)14(2)24-17-10-11-19(29-3)18(13-17)25-21(28)15-7-6-8-16(23)12-15/h6-8,10-14,24H,4-5,9H2,1-3H3,(H,25,28). The van der Waals surface area contributed by atoms with E-state index in [-0.39, 0.29) is 11.6 Å². The van der Waals surface area contributed by atoms with Gasteiger partial charge in [-0.3, -0.25) is 4.79 Å². The predicted molar refractivity (Wildman–Crippen MR) is 112 cm³/mol. The van der Waals surface area contributed by atoms with Crippen molar-refractivity contribution in [3.8, 4) is 5.75 Å². The van der Waals surface area contributed by atoms with E-state index in [0.717, 1.165) is 24.9 Å². The molecule has 30 heavy (non-hydrogen) atoms.